The van der Waals surface area contributed by atoms with Crippen molar-refractivity contribution in [2.45, 2.75) is 0 Å². The maximum absolute atomic E-state index is 12.7. The van der Waals surface area contributed by atoms with Gasteiger partial charge in [-0.15, -0.1) is 0 Å². The molecule has 0 fully saturated rings. The molecule has 0 amide bonds. The zero-order valence-electron chi connectivity index (χ0n) is 8.39. The predicted octanol–water partition coefficient (Wildman–Crippen LogP) is 3.55. The smallest absolute Gasteiger partial charge is 0.212 e. The number of fused-ring (bicyclic) bond motifs is 1. The number of aromatic nitrogens is 3. The Hall–Kier alpha value is -1.59. The van der Waals surface area contributed by atoms with Crippen LogP contribution in [0.1, 0.15) is 0 Å². The summed E-state index contributed by atoms with van der Waals surface area (Å²) in [4.78, 5) is 12.9. The van der Waals surface area contributed by atoms with Crippen molar-refractivity contribution in [1.82, 2.24) is 15.0 Å². The SMILES string of the molecule is Fc1ccc(-c2nc3ccc(Cl)nc3s2)cn1. The molecule has 0 spiro atoms. The van der Waals surface area contributed by atoms with Crippen molar-refractivity contribution in [3.8, 4) is 10.6 Å². The summed E-state index contributed by atoms with van der Waals surface area (Å²) < 4.78 is 12.7. The van der Waals surface area contributed by atoms with Gasteiger partial charge in [-0.05, 0) is 24.3 Å². The normalized spacial score (nSPS) is 10.9. The van der Waals surface area contributed by atoms with Crippen LogP contribution in [0.3, 0.4) is 0 Å². The van der Waals surface area contributed by atoms with Gasteiger partial charge in [-0.25, -0.2) is 15.0 Å². The fraction of sp³-hybridized carbons (Fsp3) is 0. The highest BCUT2D eigenvalue weighted by Gasteiger charge is 2.08. The van der Waals surface area contributed by atoms with E-state index < -0.39 is 5.95 Å². The van der Waals surface area contributed by atoms with E-state index in [2.05, 4.69) is 15.0 Å². The van der Waals surface area contributed by atoms with Crippen LogP contribution < -0.4 is 0 Å². The van der Waals surface area contributed by atoms with Crippen LogP contribution in [-0.4, -0.2) is 15.0 Å². The van der Waals surface area contributed by atoms with Crippen molar-refractivity contribution >= 4 is 33.3 Å². The first-order valence-electron chi connectivity index (χ1n) is 4.77. The van der Waals surface area contributed by atoms with Crippen molar-refractivity contribution in [2.24, 2.45) is 0 Å². The number of rotatable bonds is 1. The Labute approximate surface area is 105 Å². The number of nitrogens with zero attached hydrogens (tertiary/aromatic N) is 3. The first kappa shape index (κ1) is 10.6. The van der Waals surface area contributed by atoms with Crippen LogP contribution in [0.25, 0.3) is 20.9 Å². The quantitative estimate of drug-likeness (QED) is 0.632. The number of hydrogen-bond acceptors (Lipinski definition) is 4. The third-order valence-electron chi connectivity index (χ3n) is 2.20. The second-order valence-corrected chi connectivity index (χ2v) is 4.71. The predicted molar refractivity (Wildman–Crippen MR) is 65.6 cm³/mol. The Morgan fingerprint density at radius 2 is 2.00 bits per heavy atom. The molecule has 0 saturated carbocycles. The van der Waals surface area contributed by atoms with Crippen molar-refractivity contribution in [3.63, 3.8) is 0 Å². The molecule has 6 heteroatoms. The fourth-order valence-corrected chi connectivity index (χ4v) is 2.55. The van der Waals surface area contributed by atoms with E-state index in [1.807, 2.05) is 6.07 Å². The maximum atomic E-state index is 12.7. The zero-order valence-corrected chi connectivity index (χ0v) is 9.96. The van der Waals surface area contributed by atoms with Crippen molar-refractivity contribution in [3.05, 3.63) is 41.6 Å². The Morgan fingerprint density at radius 1 is 1.12 bits per heavy atom. The van der Waals surface area contributed by atoms with Crippen LogP contribution >= 0.6 is 22.9 Å². The highest BCUT2D eigenvalue weighted by molar-refractivity contribution is 7.21. The van der Waals surface area contributed by atoms with Gasteiger partial charge in [0, 0.05) is 11.8 Å². The molecule has 3 aromatic rings. The second kappa shape index (κ2) is 4.01. The van der Waals surface area contributed by atoms with Crippen LogP contribution in [0.4, 0.5) is 4.39 Å². The van der Waals surface area contributed by atoms with Gasteiger partial charge in [0.15, 0.2) is 0 Å². The Kier molecular flexibility index (Phi) is 2.49. The van der Waals surface area contributed by atoms with Gasteiger partial charge in [-0.2, -0.15) is 4.39 Å². The lowest BCUT2D eigenvalue weighted by Gasteiger charge is -1.93. The van der Waals surface area contributed by atoms with Crippen molar-refractivity contribution in [2.75, 3.05) is 0 Å². The summed E-state index contributed by atoms with van der Waals surface area (Å²) in [5.41, 5.74) is 1.55. The van der Waals surface area contributed by atoms with Crippen LogP contribution in [-0.2, 0) is 0 Å². The molecule has 0 radical (unpaired) electrons. The molecule has 0 atom stereocenters. The van der Waals surface area contributed by atoms with Gasteiger partial charge in [0.05, 0.1) is 0 Å². The molecular formula is C11H5ClFN3S. The molecule has 0 unspecified atom stereocenters. The Balaban J connectivity index is 2.14. The van der Waals surface area contributed by atoms with Crippen molar-refractivity contribution < 1.29 is 4.39 Å². The molecule has 3 nitrogen and oxygen atoms in total. The molecule has 3 aromatic heterocycles. The van der Waals surface area contributed by atoms with Gasteiger partial charge < -0.3 is 0 Å². The molecule has 0 saturated heterocycles. The minimum absolute atomic E-state index is 0.435. The summed E-state index contributed by atoms with van der Waals surface area (Å²) in [7, 11) is 0. The molecule has 0 aromatic carbocycles. The topological polar surface area (TPSA) is 38.7 Å². The van der Waals surface area contributed by atoms with E-state index >= 15 is 0 Å². The van der Waals surface area contributed by atoms with Gasteiger partial charge in [-0.3, -0.25) is 0 Å². The van der Waals surface area contributed by atoms with Crippen LogP contribution in [0, 0.1) is 5.95 Å². The first-order valence-corrected chi connectivity index (χ1v) is 5.97. The molecule has 3 heterocycles. The summed E-state index contributed by atoms with van der Waals surface area (Å²) in [6, 6.07) is 6.45. The molecule has 0 bridgehead atoms. The molecule has 84 valence electrons. The summed E-state index contributed by atoms with van der Waals surface area (Å²) in [5.74, 6) is -0.504. The lowest BCUT2D eigenvalue weighted by Crippen LogP contribution is -1.82. The average molecular weight is 266 g/mol. The number of thiazole rings is 1. The minimum atomic E-state index is -0.504. The molecule has 3 rings (SSSR count). The summed E-state index contributed by atoms with van der Waals surface area (Å²) >= 11 is 7.20. The Morgan fingerprint density at radius 3 is 2.76 bits per heavy atom. The van der Waals surface area contributed by atoms with E-state index in [4.69, 9.17) is 11.6 Å². The number of halogens is 2. The third kappa shape index (κ3) is 1.99. The zero-order chi connectivity index (χ0) is 11.8. The second-order valence-electron chi connectivity index (χ2n) is 3.35. The molecular weight excluding hydrogens is 261 g/mol. The minimum Gasteiger partial charge on any atom is -0.234 e. The van der Waals surface area contributed by atoms with Gasteiger partial charge in [0.25, 0.3) is 0 Å². The van der Waals surface area contributed by atoms with E-state index in [0.29, 0.717) is 5.15 Å². The monoisotopic (exact) mass is 265 g/mol. The lowest BCUT2D eigenvalue weighted by atomic mass is 10.3. The van der Waals surface area contributed by atoms with Gasteiger partial charge in [0.2, 0.25) is 5.95 Å². The third-order valence-corrected chi connectivity index (χ3v) is 3.42. The fourth-order valence-electron chi connectivity index (χ4n) is 1.42. The summed E-state index contributed by atoms with van der Waals surface area (Å²) in [5, 5.41) is 1.19. The van der Waals surface area contributed by atoms with Crippen molar-refractivity contribution in [1.29, 1.82) is 0 Å². The van der Waals surface area contributed by atoms with Crippen LogP contribution in [0.5, 0.6) is 0 Å². The standard InChI is InChI=1S/C11H5ClFN3S/c12-8-3-2-7-11(16-8)17-10(15-7)6-1-4-9(13)14-5-6/h1-5H. The summed E-state index contributed by atoms with van der Waals surface area (Å²) in [6.45, 7) is 0. The van der Waals surface area contributed by atoms with E-state index in [9.17, 15) is 4.39 Å². The van der Waals surface area contributed by atoms with Crippen LogP contribution in [0.15, 0.2) is 30.5 Å². The van der Waals surface area contributed by atoms with E-state index in [-0.39, 0.29) is 0 Å². The van der Waals surface area contributed by atoms with Crippen LogP contribution in [0.2, 0.25) is 5.15 Å². The number of hydrogen-bond donors (Lipinski definition) is 0. The maximum Gasteiger partial charge on any atom is 0.212 e. The highest BCUT2D eigenvalue weighted by Crippen LogP contribution is 2.29. The molecule has 0 aliphatic heterocycles. The molecule has 0 aliphatic carbocycles. The summed E-state index contributed by atoms with van der Waals surface area (Å²) in [6.07, 6.45) is 1.45. The van der Waals surface area contributed by atoms with Gasteiger partial charge >= 0.3 is 0 Å². The van der Waals surface area contributed by atoms with Gasteiger partial charge in [-0.1, -0.05) is 22.9 Å². The molecule has 0 aliphatic rings. The van der Waals surface area contributed by atoms with E-state index in [1.54, 1.807) is 12.1 Å². The largest absolute Gasteiger partial charge is 0.234 e. The molecule has 0 N–H and O–H groups in total. The van der Waals surface area contributed by atoms with E-state index in [1.165, 1.54) is 23.6 Å². The number of pyridine rings is 2. The van der Waals surface area contributed by atoms with Gasteiger partial charge in [0.1, 0.15) is 20.5 Å². The van der Waals surface area contributed by atoms with E-state index in [0.717, 1.165) is 20.9 Å². The lowest BCUT2D eigenvalue weighted by molar-refractivity contribution is 0.584. The Bertz CT molecular complexity index is 681. The average Bonchev–Trinajstić information content (AvgIpc) is 2.72. The molecule has 17 heavy (non-hydrogen) atoms. The first-order chi connectivity index (χ1) is 8.22. The highest BCUT2D eigenvalue weighted by atomic mass is 35.5.